The van der Waals surface area contributed by atoms with Crippen LogP contribution in [0.1, 0.15) is 22.3 Å². The molecular weight excluding hydrogens is 595 g/mol. The standard InChI is InChI=1S/C47H31NO/c1-3-16-33(17-4-1)47(42-23-11-9-21-38(42)39-22-10-12-24-43(39)47)34-26-28-40-41-29-27-36(31-46(41)49-45(40)30-34)48(35-18-5-2-6-19-35)44-25-13-15-32-14-7-8-20-37(32)44/h1-31H. The summed E-state index contributed by atoms with van der Waals surface area (Å²) in [5.41, 5.74) is 12.2. The summed E-state index contributed by atoms with van der Waals surface area (Å²) in [6, 6.07) is 67.8. The Balaban J connectivity index is 1.18. The first-order valence-electron chi connectivity index (χ1n) is 16.9. The van der Waals surface area contributed by atoms with Crippen LogP contribution in [-0.4, -0.2) is 0 Å². The molecule has 9 aromatic rings. The van der Waals surface area contributed by atoms with Gasteiger partial charge in [-0.3, -0.25) is 0 Å². The van der Waals surface area contributed by atoms with E-state index in [0.29, 0.717) is 0 Å². The lowest BCUT2D eigenvalue weighted by Crippen LogP contribution is -2.28. The number of hydrogen-bond donors (Lipinski definition) is 0. The van der Waals surface area contributed by atoms with E-state index in [4.69, 9.17) is 4.42 Å². The molecule has 49 heavy (non-hydrogen) atoms. The molecular formula is C47H31NO. The van der Waals surface area contributed by atoms with Crippen LogP contribution in [0.3, 0.4) is 0 Å². The van der Waals surface area contributed by atoms with Crippen molar-refractivity contribution in [3.05, 3.63) is 210 Å². The van der Waals surface area contributed by atoms with Gasteiger partial charge in [-0.15, -0.1) is 0 Å². The number of benzene rings is 8. The van der Waals surface area contributed by atoms with E-state index in [-0.39, 0.29) is 0 Å². The smallest absolute Gasteiger partial charge is 0.137 e. The van der Waals surface area contributed by atoms with Crippen molar-refractivity contribution >= 4 is 49.8 Å². The summed E-state index contributed by atoms with van der Waals surface area (Å²) in [5, 5.41) is 4.63. The minimum atomic E-state index is -0.467. The van der Waals surface area contributed by atoms with Gasteiger partial charge in [-0.25, -0.2) is 0 Å². The Morgan fingerprint density at radius 2 is 0.980 bits per heavy atom. The summed E-state index contributed by atoms with van der Waals surface area (Å²) in [4.78, 5) is 2.33. The average Bonchev–Trinajstić information content (AvgIpc) is 3.69. The SMILES string of the molecule is c1ccc(N(c2ccc3c(c2)oc2cc(C4(c5ccccc5)c5ccccc5-c5ccccc54)ccc23)c2cccc3ccccc23)cc1. The van der Waals surface area contributed by atoms with Crippen LogP contribution < -0.4 is 4.90 Å². The Hall–Kier alpha value is -6.38. The largest absolute Gasteiger partial charge is 0.456 e. The highest BCUT2D eigenvalue weighted by Crippen LogP contribution is 2.56. The van der Waals surface area contributed by atoms with Gasteiger partial charge in [0.15, 0.2) is 0 Å². The van der Waals surface area contributed by atoms with Crippen LogP contribution in [0.5, 0.6) is 0 Å². The fraction of sp³-hybridized carbons (Fsp3) is 0.0213. The van der Waals surface area contributed by atoms with Crippen molar-refractivity contribution in [3.63, 3.8) is 0 Å². The maximum absolute atomic E-state index is 6.83. The Morgan fingerprint density at radius 1 is 0.388 bits per heavy atom. The van der Waals surface area contributed by atoms with Crippen LogP contribution in [0.25, 0.3) is 43.8 Å². The molecule has 10 rings (SSSR count). The molecule has 0 saturated heterocycles. The van der Waals surface area contributed by atoms with E-state index in [1.165, 1.54) is 44.2 Å². The van der Waals surface area contributed by atoms with Crippen LogP contribution in [0, 0.1) is 0 Å². The third kappa shape index (κ3) is 4.07. The van der Waals surface area contributed by atoms with E-state index in [1.807, 2.05) is 0 Å². The Bertz CT molecular complexity index is 2620. The molecule has 1 aliphatic carbocycles. The number of para-hydroxylation sites is 1. The fourth-order valence-corrected chi connectivity index (χ4v) is 8.26. The molecule has 0 bridgehead atoms. The highest BCUT2D eigenvalue weighted by atomic mass is 16.3. The van der Waals surface area contributed by atoms with Crippen molar-refractivity contribution in [2.75, 3.05) is 4.90 Å². The van der Waals surface area contributed by atoms with E-state index >= 15 is 0 Å². The molecule has 0 unspecified atom stereocenters. The van der Waals surface area contributed by atoms with Gasteiger partial charge in [-0.1, -0.05) is 146 Å². The number of fused-ring (bicyclic) bond motifs is 7. The Labute approximate surface area is 285 Å². The third-order valence-corrected chi connectivity index (χ3v) is 10.3. The molecule has 0 radical (unpaired) electrons. The van der Waals surface area contributed by atoms with Crippen molar-refractivity contribution in [1.29, 1.82) is 0 Å². The Morgan fingerprint density at radius 3 is 1.73 bits per heavy atom. The van der Waals surface area contributed by atoms with Crippen molar-refractivity contribution in [3.8, 4) is 11.1 Å². The van der Waals surface area contributed by atoms with Crippen LogP contribution >= 0.6 is 0 Å². The predicted octanol–water partition coefficient (Wildman–Crippen LogP) is 12.6. The summed E-state index contributed by atoms with van der Waals surface area (Å²) in [6.45, 7) is 0. The summed E-state index contributed by atoms with van der Waals surface area (Å²) in [5.74, 6) is 0. The fourth-order valence-electron chi connectivity index (χ4n) is 8.26. The topological polar surface area (TPSA) is 16.4 Å². The lowest BCUT2D eigenvalue weighted by Gasteiger charge is -2.33. The van der Waals surface area contributed by atoms with E-state index in [2.05, 4.69) is 193 Å². The molecule has 1 aromatic heterocycles. The molecule has 8 aromatic carbocycles. The molecule has 0 aliphatic heterocycles. The summed E-state index contributed by atoms with van der Waals surface area (Å²) in [7, 11) is 0. The molecule has 0 atom stereocenters. The second-order valence-electron chi connectivity index (χ2n) is 12.9. The van der Waals surface area contributed by atoms with Crippen molar-refractivity contribution < 1.29 is 4.42 Å². The zero-order chi connectivity index (χ0) is 32.4. The van der Waals surface area contributed by atoms with E-state index < -0.39 is 5.41 Å². The summed E-state index contributed by atoms with van der Waals surface area (Å²) < 4.78 is 6.83. The van der Waals surface area contributed by atoms with Crippen LogP contribution in [0.15, 0.2) is 192 Å². The second kappa shape index (κ2) is 10.8. The Kier molecular flexibility index (Phi) is 6.13. The first kappa shape index (κ1) is 27.7. The summed E-state index contributed by atoms with van der Waals surface area (Å²) in [6.07, 6.45) is 0. The lowest BCUT2D eigenvalue weighted by atomic mass is 9.67. The molecule has 0 fully saturated rings. The number of nitrogens with zero attached hydrogens (tertiary/aromatic N) is 1. The lowest BCUT2D eigenvalue weighted by molar-refractivity contribution is 0.665. The zero-order valence-electron chi connectivity index (χ0n) is 26.8. The minimum Gasteiger partial charge on any atom is -0.456 e. The number of anilines is 3. The van der Waals surface area contributed by atoms with Gasteiger partial charge in [0.05, 0.1) is 11.1 Å². The normalized spacial score (nSPS) is 13.1. The monoisotopic (exact) mass is 625 g/mol. The zero-order valence-corrected chi connectivity index (χ0v) is 26.8. The maximum Gasteiger partial charge on any atom is 0.137 e. The molecule has 0 amide bonds. The van der Waals surface area contributed by atoms with Gasteiger partial charge in [0.2, 0.25) is 0 Å². The van der Waals surface area contributed by atoms with Gasteiger partial charge >= 0.3 is 0 Å². The van der Waals surface area contributed by atoms with Gasteiger partial charge in [-0.05, 0) is 75.2 Å². The third-order valence-electron chi connectivity index (χ3n) is 10.3. The van der Waals surface area contributed by atoms with Gasteiger partial charge in [-0.2, -0.15) is 0 Å². The quantitative estimate of drug-likeness (QED) is 0.189. The van der Waals surface area contributed by atoms with E-state index in [0.717, 1.165) is 39.0 Å². The van der Waals surface area contributed by atoms with Crippen LogP contribution in [0.4, 0.5) is 17.1 Å². The highest BCUT2D eigenvalue weighted by Gasteiger charge is 2.46. The first-order chi connectivity index (χ1) is 24.3. The number of hydrogen-bond acceptors (Lipinski definition) is 2. The molecule has 0 spiro atoms. The molecule has 1 aliphatic rings. The molecule has 230 valence electrons. The van der Waals surface area contributed by atoms with Gasteiger partial charge in [0.1, 0.15) is 11.2 Å². The van der Waals surface area contributed by atoms with Crippen molar-refractivity contribution in [2.45, 2.75) is 5.41 Å². The number of rotatable bonds is 5. The molecule has 0 saturated carbocycles. The second-order valence-corrected chi connectivity index (χ2v) is 12.9. The predicted molar refractivity (Wildman–Crippen MR) is 203 cm³/mol. The van der Waals surface area contributed by atoms with Crippen molar-refractivity contribution in [1.82, 2.24) is 0 Å². The maximum atomic E-state index is 6.83. The molecule has 2 nitrogen and oxygen atoms in total. The van der Waals surface area contributed by atoms with Gasteiger partial charge in [0, 0.05) is 33.6 Å². The average molecular weight is 626 g/mol. The van der Waals surface area contributed by atoms with E-state index in [1.54, 1.807) is 0 Å². The number of furan rings is 1. The van der Waals surface area contributed by atoms with Gasteiger partial charge in [0.25, 0.3) is 0 Å². The minimum absolute atomic E-state index is 0.467. The van der Waals surface area contributed by atoms with Gasteiger partial charge < -0.3 is 9.32 Å². The van der Waals surface area contributed by atoms with Crippen LogP contribution in [0.2, 0.25) is 0 Å². The summed E-state index contributed by atoms with van der Waals surface area (Å²) >= 11 is 0. The molecule has 1 heterocycles. The molecule has 0 N–H and O–H groups in total. The van der Waals surface area contributed by atoms with Crippen LogP contribution in [-0.2, 0) is 5.41 Å². The first-order valence-corrected chi connectivity index (χ1v) is 16.9. The van der Waals surface area contributed by atoms with E-state index in [9.17, 15) is 0 Å². The van der Waals surface area contributed by atoms with Crippen molar-refractivity contribution in [2.24, 2.45) is 0 Å². The highest BCUT2D eigenvalue weighted by molar-refractivity contribution is 6.07. The molecule has 2 heteroatoms.